The first-order valence-corrected chi connectivity index (χ1v) is 11.2. The largest absolute Gasteiger partial charge is 0.472 e. The van der Waals surface area contributed by atoms with Crippen LogP contribution in [-0.2, 0) is 11.3 Å². The first kappa shape index (κ1) is 24.3. The van der Waals surface area contributed by atoms with Gasteiger partial charge < -0.3 is 15.2 Å². The molecular formula is C26H25N7O3. The number of benzene rings is 1. The molecule has 36 heavy (non-hydrogen) atoms. The highest BCUT2D eigenvalue weighted by atomic mass is 16.6. The summed E-state index contributed by atoms with van der Waals surface area (Å²) in [7, 11) is 0. The molecule has 3 heterocycles. The molecule has 0 unspecified atom stereocenters. The third-order valence-electron chi connectivity index (χ3n) is 4.96. The Labute approximate surface area is 208 Å². The average Bonchev–Trinajstić information content (AvgIpc) is 2.83. The minimum atomic E-state index is -0.728. The normalized spacial score (nSPS) is 11.2. The van der Waals surface area contributed by atoms with Gasteiger partial charge in [-0.15, -0.1) is 6.58 Å². The van der Waals surface area contributed by atoms with Gasteiger partial charge >= 0.3 is 6.09 Å². The second kappa shape index (κ2) is 9.84. The standard InChI is InChI=1S/C26H25N7O3/c1-5-11-33(25(34)36-26(2,3)4)24-31-22-19(23(32-24)35-15-16-9-7-6-8-10-16)13-17-12-18(14-27)20(28)29-21(17)30-22/h5-10,12-13H,1,11,15H2,2-4H3,(H2,28,29,30,31,32). The van der Waals surface area contributed by atoms with Gasteiger partial charge in [0, 0.05) is 5.39 Å². The fraction of sp³-hybridized carbons (Fsp3) is 0.231. The predicted octanol–water partition coefficient (Wildman–Crippen LogP) is 4.53. The van der Waals surface area contributed by atoms with E-state index in [1.54, 1.807) is 39.0 Å². The molecule has 1 aromatic carbocycles. The number of rotatable bonds is 6. The Kier molecular flexibility index (Phi) is 6.65. The lowest BCUT2D eigenvalue weighted by atomic mass is 10.2. The maximum Gasteiger partial charge on any atom is 0.417 e. The number of hydrogen-bond donors (Lipinski definition) is 1. The molecule has 4 rings (SSSR count). The van der Waals surface area contributed by atoms with E-state index in [4.69, 9.17) is 15.2 Å². The van der Waals surface area contributed by atoms with Gasteiger partial charge in [-0.3, -0.25) is 0 Å². The van der Waals surface area contributed by atoms with Crippen molar-refractivity contribution in [2.24, 2.45) is 0 Å². The summed E-state index contributed by atoms with van der Waals surface area (Å²) in [4.78, 5) is 32.0. The van der Waals surface area contributed by atoms with E-state index >= 15 is 0 Å². The molecule has 182 valence electrons. The summed E-state index contributed by atoms with van der Waals surface area (Å²) in [6, 6.07) is 14.9. The molecule has 0 atom stereocenters. The molecule has 3 aromatic heterocycles. The summed E-state index contributed by atoms with van der Waals surface area (Å²) in [6.07, 6.45) is 0.902. The molecule has 10 heteroatoms. The number of pyridine rings is 2. The van der Waals surface area contributed by atoms with Crippen LogP contribution in [-0.4, -0.2) is 38.2 Å². The van der Waals surface area contributed by atoms with Gasteiger partial charge in [0.05, 0.1) is 17.5 Å². The summed E-state index contributed by atoms with van der Waals surface area (Å²) in [5.41, 5.74) is 6.86. The molecule has 0 saturated heterocycles. The molecule has 0 aliphatic rings. The molecule has 0 aliphatic heterocycles. The van der Waals surface area contributed by atoms with E-state index < -0.39 is 11.7 Å². The summed E-state index contributed by atoms with van der Waals surface area (Å²) in [6.45, 7) is 9.36. The van der Waals surface area contributed by atoms with Crippen LogP contribution in [0.1, 0.15) is 31.9 Å². The zero-order valence-corrected chi connectivity index (χ0v) is 20.2. The van der Waals surface area contributed by atoms with Crippen LogP contribution in [0.4, 0.5) is 16.6 Å². The second-order valence-electron chi connectivity index (χ2n) is 8.92. The van der Waals surface area contributed by atoms with Gasteiger partial charge in [-0.05, 0) is 38.5 Å². The van der Waals surface area contributed by atoms with Crippen molar-refractivity contribution in [3.63, 3.8) is 0 Å². The lowest BCUT2D eigenvalue weighted by Gasteiger charge is -2.25. The molecule has 0 radical (unpaired) electrons. The molecule has 1 amide bonds. The van der Waals surface area contributed by atoms with Gasteiger partial charge in [0.2, 0.25) is 11.8 Å². The van der Waals surface area contributed by atoms with Gasteiger partial charge in [0.15, 0.2) is 11.3 Å². The van der Waals surface area contributed by atoms with Crippen LogP contribution < -0.4 is 15.4 Å². The smallest absolute Gasteiger partial charge is 0.417 e. The van der Waals surface area contributed by atoms with Gasteiger partial charge in [-0.1, -0.05) is 36.4 Å². The molecule has 0 aliphatic carbocycles. The van der Waals surface area contributed by atoms with Gasteiger partial charge in [-0.25, -0.2) is 19.7 Å². The third kappa shape index (κ3) is 5.31. The average molecular weight is 484 g/mol. The van der Waals surface area contributed by atoms with Crippen molar-refractivity contribution in [3.8, 4) is 11.9 Å². The van der Waals surface area contributed by atoms with Crippen molar-refractivity contribution in [2.75, 3.05) is 17.2 Å². The molecule has 0 fully saturated rings. The van der Waals surface area contributed by atoms with E-state index in [0.29, 0.717) is 16.4 Å². The number of fused-ring (bicyclic) bond motifs is 2. The number of nitrogens with zero attached hydrogens (tertiary/aromatic N) is 6. The number of amides is 1. The van der Waals surface area contributed by atoms with Crippen molar-refractivity contribution in [3.05, 3.63) is 66.2 Å². The number of nitrogens with two attached hydrogens (primary N) is 1. The highest BCUT2D eigenvalue weighted by Gasteiger charge is 2.26. The number of aromatic nitrogens is 4. The molecule has 0 saturated carbocycles. The van der Waals surface area contributed by atoms with Crippen molar-refractivity contribution in [1.29, 1.82) is 5.26 Å². The predicted molar refractivity (Wildman–Crippen MR) is 136 cm³/mol. The summed E-state index contributed by atoms with van der Waals surface area (Å²) in [5.74, 6) is 0.308. The number of carbonyl (C=O) groups is 1. The Morgan fingerprint density at radius 2 is 1.89 bits per heavy atom. The van der Waals surface area contributed by atoms with Crippen molar-refractivity contribution >= 4 is 39.9 Å². The zero-order valence-electron chi connectivity index (χ0n) is 20.2. The Morgan fingerprint density at radius 1 is 1.14 bits per heavy atom. The van der Waals surface area contributed by atoms with Crippen molar-refractivity contribution < 1.29 is 14.3 Å². The fourth-order valence-corrected chi connectivity index (χ4v) is 3.35. The number of nitrogen functional groups attached to an aromatic ring is 1. The van der Waals surface area contributed by atoms with Crippen molar-refractivity contribution in [1.82, 2.24) is 19.9 Å². The van der Waals surface area contributed by atoms with Crippen LogP contribution >= 0.6 is 0 Å². The summed E-state index contributed by atoms with van der Waals surface area (Å²) < 4.78 is 11.6. The Hall–Kier alpha value is -4.78. The zero-order chi connectivity index (χ0) is 25.9. The van der Waals surface area contributed by atoms with E-state index in [0.717, 1.165) is 5.56 Å². The minimum absolute atomic E-state index is 0.0354. The molecule has 0 spiro atoms. The first-order valence-electron chi connectivity index (χ1n) is 11.2. The second-order valence-corrected chi connectivity index (χ2v) is 8.92. The minimum Gasteiger partial charge on any atom is -0.472 e. The van der Waals surface area contributed by atoms with E-state index in [9.17, 15) is 10.1 Å². The summed E-state index contributed by atoms with van der Waals surface area (Å²) in [5, 5.41) is 10.4. The van der Waals surface area contributed by atoms with Crippen LogP contribution in [0.3, 0.4) is 0 Å². The maximum atomic E-state index is 13.0. The first-order chi connectivity index (χ1) is 17.2. The quantitative estimate of drug-likeness (QED) is 0.309. The number of ether oxygens (including phenoxy) is 2. The molecule has 4 aromatic rings. The van der Waals surface area contributed by atoms with Crippen LogP contribution in [0.25, 0.3) is 22.1 Å². The van der Waals surface area contributed by atoms with Crippen LogP contribution in [0.2, 0.25) is 0 Å². The molecule has 2 N–H and O–H groups in total. The van der Waals surface area contributed by atoms with Gasteiger partial charge in [0.25, 0.3) is 0 Å². The van der Waals surface area contributed by atoms with Crippen molar-refractivity contribution in [2.45, 2.75) is 33.0 Å². The number of nitriles is 1. The van der Waals surface area contributed by atoms with E-state index in [1.165, 1.54) is 4.90 Å². The summed E-state index contributed by atoms with van der Waals surface area (Å²) >= 11 is 0. The van der Waals surface area contributed by atoms with Crippen LogP contribution in [0.5, 0.6) is 5.88 Å². The monoisotopic (exact) mass is 483 g/mol. The molecular weight excluding hydrogens is 458 g/mol. The van der Waals surface area contributed by atoms with Crippen LogP contribution in [0.15, 0.2) is 55.1 Å². The molecule has 10 nitrogen and oxygen atoms in total. The third-order valence-corrected chi connectivity index (χ3v) is 4.96. The topological polar surface area (TPSA) is 140 Å². The highest BCUT2D eigenvalue weighted by Crippen LogP contribution is 2.29. The van der Waals surface area contributed by atoms with Gasteiger partial charge in [0.1, 0.15) is 24.1 Å². The van der Waals surface area contributed by atoms with E-state index in [-0.39, 0.29) is 42.0 Å². The lowest BCUT2D eigenvalue weighted by molar-refractivity contribution is 0.0582. The van der Waals surface area contributed by atoms with Crippen LogP contribution in [0, 0.1) is 11.3 Å². The van der Waals surface area contributed by atoms with E-state index in [2.05, 4.69) is 26.5 Å². The van der Waals surface area contributed by atoms with Gasteiger partial charge in [-0.2, -0.15) is 15.2 Å². The fourth-order valence-electron chi connectivity index (χ4n) is 3.35. The molecule has 0 bridgehead atoms. The van der Waals surface area contributed by atoms with E-state index in [1.807, 2.05) is 36.4 Å². The Balaban J connectivity index is 1.88. The number of carbonyl (C=O) groups excluding carboxylic acids is 1. The number of hydrogen-bond acceptors (Lipinski definition) is 9. The Bertz CT molecular complexity index is 1490. The Morgan fingerprint density at radius 3 is 2.56 bits per heavy atom. The number of anilines is 2. The maximum absolute atomic E-state index is 13.0. The highest BCUT2D eigenvalue weighted by molar-refractivity contribution is 5.95. The SMILES string of the molecule is C=CCN(C(=O)OC(C)(C)C)c1nc(OCc2ccccc2)c2cc3cc(C#N)c(N)nc3nc2n1. The lowest BCUT2D eigenvalue weighted by Crippen LogP contribution is -2.38.